The largest absolute Gasteiger partial charge is 0.497 e. The van der Waals surface area contributed by atoms with Crippen molar-refractivity contribution in [1.82, 2.24) is 4.31 Å². The van der Waals surface area contributed by atoms with E-state index in [-0.39, 0.29) is 17.9 Å². The number of ether oxygens (including phenoxy) is 4. The molecule has 0 unspecified atom stereocenters. The number of benzene rings is 3. The summed E-state index contributed by atoms with van der Waals surface area (Å²) in [6.07, 6.45) is 1.47. The van der Waals surface area contributed by atoms with Crippen molar-refractivity contribution >= 4 is 21.7 Å². The van der Waals surface area contributed by atoms with Crippen LogP contribution in [0.25, 0.3) is 0 Å². The third-order valence-electron chi connectivity index (χ3n) is 9.52. The lowest BCUT2D eigenvalue weighted by Crippen LogP contribution is -2.58. The second-order valence-corrected chi connectivity index (χ2v) is 15.3. The van der Waals surface area contributed by atoms with Crippen LogP contribution in [0.3, 0.4) is 0 Å². The van der Waals surface area contributed by atoms with Gasteiger partial charge in [-0.25, -0.2) is 8.42 Å². The van der Waals surface area contributed by atoms with Gasteiger partial charge in [0.2, 0.25) is 10.0 Å². The van der Waals surface area contributed by atoms with Crippen LogP contribution in [-0.2, 0) is 36.4 Å². The zero-order valence-electron chi connectivity index (χ0n) is 28.6. The van der Waals surface area contributed by atoms with Crippen molar-refractivity contribution in [1.29, 1.82) is 0 Å². The molecular weight excluding hydrogens is 632 g/mol. The highest BCUT2D eigenvalue weighted by molar-refractivity contribution is 7.89. The Bertz CT molecular complexity index is 1660. The molecule has 0 spiro atoms. The van der Waals surface area contributed by atoms with Crippen LogP contribution in [0, 0.1) is 12.3 Å². The number of aryl methyl sites for hydroxylation is 1. The molecular formula is C37H48N2O8S. The fraction of sp³-hybridized carbons (Fsp3) is 0.486. The third-order valence-corrected chi connectivity index (χ3v) is 11.5. The van der Waals surface area contributed by atoms with Gasteiger partial charge in [-0.05, 0) is 94.0 Å². The highest BCUT2D eigenvalue weighted by Crippen LogP contribution is 2.49. The SMILES string of the molecule is COCCCN1CCOc2ccc(CO[C@@H]3CC[C@](CC(C)(C)C(=O)O)(c4ccc(OC)cc4)N(S(=O)(=O)c4ccc(C)cc4)C3)cc21. The average molecular weight is 681 g/mol. The van der Waals surface area contributed by atoms with E-state index in [1.807, 2.05) is 31.2 Å². The molecule has 0 saturated carbocycles. The van der Waals surface area contributed by atoms with Gasteiger partial charge in [0.1, 0.15) is 18.1 Å². The van der Waals surface area contributed by atoms with Crippen molar-refractivity contribution in [2.45, 2.75) is 69.6 Å². The Kier molecular flexibility index (Phi) is 11.0. The maximum atomic E-state index is 14.7. The molecule has 2 aliphatic heterocycles. The minimum absolute atomic E-state index is 0.0646. The van der Waals surface area contributed by atoms with Crippen LogP contribution in [0.1, 0.15) is 56.2 Å². The standard InChI is InChI=1S/C37H48N2O8S/c1-27-7-14-32(15-8-27)48(42,43)39-24-31(47-25-28-9-16-34-33(23-28)38(20-22-46-34)19-6-21-44-4)17-18-37(39,26-36(2,3)35(40)41)29-10-12-30(45-5)13-11-29/h7-16,23,31H,6,17-22,24-26H2,1-5H3,(H,40,41)/t31-,37+/m1/s1. The Morgan fingerprint density at radius 3 is 2.46 bits per heavy atom. The molecule has 2 atom stereocenters. The number of anilines is 1. The van der Waals surface area contributed by atoms with E-state index in [0.29, 0.717) is 38.4 Å². The highest BCUT2D eigenvalue weighted by Gasteiger charge is 2.53. The predicted octanol–water partition coefficient (Wildman–Crippen LogP) is 6.01. The zero-order chi connectivity index (χ0) is 34.5. The van der Waals surface area contributed by atoms with Gasteiger partial charge < -0.3 is 29.0 Å². The number of carboxylic acids is 1. The van der Waals surface area contributed by atoms with Gasteiger partial charge in [-0.2, -0.15) is 4.31 Å². The van der Waals surface area contributed by atoms with Crippen molar-refractivity contribution < 1.29 is 37.3 Å². The third kappa shape index (κ3) is 7.64. The van der Waals surface area contributed by atoms with E-state index in [2.05, 4.69) is 11.0 Å². The molecule has 0 bridgehead atoms. The van der Waals surface area contributed by atoms with Gasteiger partial charge >= 0.3 is 5.97 Å². The molecule has 0 aliphatic carbocycles. The summed E-state index contributed by atoms with van der Waals surface area (Å²) in [6.45, 7) is 8.51. The lowest BCUT2D eigenvalue weighted by atomic mass is 9.70. The van der Waals surface area contributed by atoms with Crippen molar-refractivity contribution in [2.75, 3.05) is 52.0 Å². The smallest absolute Gasteiger partial charge is 0.309 e. The maximum Gasteiger partial charge on any atom is 0.309 e. The van der Waals surface area contributed by atoms with E-state index >= 15 is 0 Å². The quantitative estimate of drug-likeness (QED) is 0.205. The Balaban J connectivity index is 1.48. The Hall–Kier alpha value is -3.64. The molecule has 3 aromatic carbocycles. The number of methoxy groups -OCH3 is 2. The predicted molar refractivity (Wildman–Crippen MR) is 184 cm³/mol. The van der Waals surface area contributed by atoms with Crippen LogP contribution in [0.5, 0.6) is 11.5 Å². The molecule has 48 heavy (non-hydrogen) atoms. The van der Waals surface area contributed by atoms with Crippen molar-refractivity contribution in [3.8, 4) is 11.5 Å². The summed E-state index contributed by atoms with van der Waals surface area (Å²) < 4.78 is 53.9. The number of sulfonamides is 1. The first-order valence-corrected chi connectivity index (χ1v) is 17.9. The molecule has 0 amide bonds. The Morgan fingerprint density at radius 1 is 1.06 bits per heavy atom. The number of fused-ring (bicyclic) bond motifs is 1. The summed E-state index contributed by atoms with van der Waals surface area (Å²) in [6, 6.07) is 20.1. The minimum Gasteiger partial charge on any atom is -0.497 e. The monoisotopic (exact) mass is 680 g/mol. The van der Waals surface area contributed by atoms with Crippen LogP contribution in [-0.4, -0.2) is 77.0 Å². The molecule has 5 rings (SSSR count). The summed E-state index contributed by atoms with van der Waals surface area (Å²) in [4.78, 5) is 15.0. The van der Waals surface area contributed by atoms with Crippen LogP contribution >= 0.6 is 0 Å². The summed E-state index contributed by atoms with van der Waals surface area (Å²) >= 11 is 0. The molecule has 11 heteroatoms. The number of aliphatic carboxylic acids is 1. The molecule has 2 aliphatic rings. The van der Waals surface area contributed by atoms with E-state index in [4.69, 9.17) is 18.9 Å². The first-order valence-electron chi connectivity index (χ1n) is 16.5. The minimum atomic E-state index is -4.10. The van der Waals surface area contributed by atoms with Gasteiger partial charge in [0.25, 0.3) is 0 Å². The summed E-state index contributed by atoms with van der Waals surface area (Å²) in [7, 11) is -0.822. The number of piperidine rings is 1. The molecule has 3 aromatic rings. The molecule has 1 fully saturated rings. The Labute approximate surface area is 284 Å². The zero-order valence-corrected chi connectivity index (χ0v) is 29.4. The fourth-order valence-electron chi connectivity index (χ4n) is 6.81. The molecule has 10 nitrogen and oxygen atoms in total. The van der Waals surface area contributed by atoms with Gasteiger partial charge in [0, 0.05) is 26.8 Å². The Morgan fingerprint density at radius 2 is 1.79 bits per heavy atom. The molecule has 260 valence electrons. The lowest BCUT2D eigenvalue weighted by Gasteiger charge is -2.51. The van der Waals surface area contributed by atoms with Crippen LogP contribution in [0.4, 0.5) is 5.69 Å². The summed E-state index contributed by atoms with van der Waals surface area (Å²) in [5, 5.41) is 10.2. The van der Waals surface area contributed by atoms with Gasteiger partial charge in [-0.15, -0.1) is 0 Å². The van der Waals surface area contributed by atoms with E-state index in [1.165, 1.54) is 4.31 Å². The number of hydrogen-bond donors (Lipinski definition) is 1. The molecule has 0 radical (unpaired) electrons. The average Bonchev–Trinajstić information content (AvgIpc) is 3.08. The molecule has 1 saturated heterocycles. The molecule has 1 N–H and O–H groups in total. The molecule has 2 heterocycles. The van der Waals surface area contributed by atoms with Gasteiger partial charge in [-0.3, -0.25) is 4.79 Å². The van der Waals surface area contributed by atoms with Crippen molar-refractivity contribution in [3.05, 3.63) is 83.4 Å². The highest BCUT2D eigenvalue weighted by atomic mass is 32.2. The van der Waals surface area contributed by atoms with Gasteiger partial charge in [-0.1, -0.05) is 35.9 Å². The van der Waals surface area contributed by atoms with Crippen LogP contribution in [0.15, 0.2) is 71.6 Å². The molecule has 0 aromatic heterocycles. The fourth-order valence-corrected chi connectivity index (χ4v) is 8.62. The second-order valence-electron chi connectivity index (χ2n) is 13.4. The second kappa shape index (κ2) is 14.9. The number of nitrogens with zero attached hydrogens (tertiary/aromatic N) is 2. The lowest BCUT2D eigenvalue weighted by molar-refractivity contribution is -0.150. The first-order chi connectivity index (χ1) is 22.9. The number of carboxylic acid groups (broad SMARTS) is 1. The van der Waals surface area contributed by atoms with Crippen molar-refractivity contribution in [3.63, 3.8) is 0 Å². The van der Waals surface area contributed by atoms with Crippen molar-refractivity contribution in [2.24, 2.45) is 5.41 Å². The van der Waals surface area contributed by atoms with E-state index in [9.17, 15) is 18.3 Å². The topological polar surface area (TPSA) is 115 Å². The number of carbonyl (C=O) groups is 1. The van der Waals surface area contributed by atoms with E-state index < -0.39 is 33.1 Å². The maximum absolute atomic E-state index is 14.7. The van der Waals surface area contributed by atoms with Crippen LogP contribution < -0.4 is 14.4 Å². The number of hydrogen-bond acceptors (Lipinski definition) is 8. The van der Waals surface area contributed by atoms with E-state index in [1.54, 1.807) is 64.5 Å². The first kappa shape index (κ1) is 35.7. The summed E-state index contributed by atoms with van der Waals surface area (Å²) in [5.74, 6) is 0.471. The summed E-state index contributed by atoms with van der Waals surface area (Å²) in [5.41, 5.74) is 1.26. The van der Waals surface area contributed by atoms with Gasteiger partial charge in [0.05, 0.1) is 47.9 Å². The van der Waals surface area contributed by atoms with Gasteiger partial charge in [0.15, 0.2) is 0 Å². The number of rotatable bonds is 14. The normalized spacial score (nSPS) is 20.2. The van der Waals surface area contributed by atoms with Crippen LogP contribution in [0.2, 0.25) is 0 Å². The van der Waals surface area contributed by atoms with E-state index in [0.717, 1.165) is 47.6 Å².